The fraction of sp³-hybridized carbons (Fsp3) is 0.500. The van der Waals surface area contributed by atoms with Crippen molar-refractivity contribution in [2.75, 3.05) is 19.8 Å². The van der Waals surface area contributed by atoms with Gasteiger partial charge in [-0.2, -0.15) is 5.26 Å². The third-order valence-electron chi connectivity index (χ3n) is 2.76. The molecule has 0 fully saturated rings. The number of hydrogen-bond acceptors (Lipinski definition) is 3. The Balaban J connectivity index is 2.89. The molecule has 0 bridgehead atoms. The molecule has 0 heterocycles. The summed E-state index contributed by atoms with van der Waals surface area (Å²) in [4.78, 5) is 0. The van der Waals surface area contributed by atoms with E-state index in [2.05, 4.69) is 11.4 Å². The lowest BCUT2D eigenvalue weighted by atomic mass is 9.88. The molecule has 0 saturated carbocycles. The average molecular weight is 232 g/mol. The Morgan fingerprint density at radius 1 is 1.29 bits per heavy atom. The number of nitrogens with one attached hydrogen (secondary N) is 1. The van der Waals surface area contributed by atoms with Crippen LogP contribution in [-0.2, 0) is 10.3 Å². The normalized spacial score (nSPS) is 13.9. The number of ether oxygens (including phenoxy) is 1. The summed E-state index contributed by atoms with van der Waals surface area (Å²) in [6.45, 7) is 6.00. The Labute approximate surface area is 103 Å². The van der Waals surface area contributed by atoms with E-state index < -0.39 is 5.54 Å². The first-order valence-corrected chi connectivity index (χ1v) is 6.08. The number of hydrogen-bond donors (Lipinski definition) is 1. The van der Waals surface area contributed by atoms with Crippen molar-refractivity contribution < 1.29 is 4.74 Å². The molecule has 1 atom stereocenters. The smallest absolute Gasteiger partial charge is 0.134 e. The Kier molecular flexibility index (Phi) is 5.68. The summed E-state index contributed by atoms with van der Waals surface area (Å²) >= 11 is 0. The highest BCUT2D eigenvalue weighted by molar-refractivity contribution is 5.31. The van der Waals surface area contributed by atoms with Crippen LogP contribution in [0.1, 0.15) is 25.8 Å². The molecule has 0 aliphatic heterocycles. The van der Waals surface area contributed by atoms with Crippen LogP contribution in [0.15, 0.2) is 30.3 Å². The zero-order valence-electron chi connectivity index (χ0n) is 10.6. The van der Waals surface area contributed by atoms with Crippen molar-refractivity contribution in [1.29, 1.82) is 5.26 Å². The molecule has 1 N–H and O–H groups in total. The molecule has 1 unspecified atom stereocenters. The maximum absolute atomic E-state index is 9.49. The van der Waals surface area contributed by atoms with Crippen LogP contribution in [0.2, 0.25) is 0 Å². The summed E-state index contributed by atoms with van der Waals surface area (Å²) in [5, 5.41) is 12.8. The molecule has 0 spiro atoms. The van der Waals surface area contributed by atoms with E-state index in [1.807, 2.05) is 44.2 Å². The van der Waals surface area contributed by atoms with Crippen molar-refractivity contribution in [2.45, 2.75) is 25.8 Å². The summed E-state index contributed by atoms with van der Waals surface area (Å²) in [5.41, 5.74) is 0.370. The first-order chi connectivity index (χ1) is 8.29. The third-order valence-corrected chi connectivity index (χ3v) is 2.76. The van der Waals surface area contributed by atoms with Crippen molar-refractivity contribution in [2.24, 2.45) is 0 Å². The number of nitriles is 1. The van der Waals surface area contributed by atoms with Gasteiger partial charge in [0.15, 0.2) is 0 Å². The Bertz CT molecular complexity index is 358. The summed E-state index contributed by atoms with van der Waals surface area (Å²) in [6.07, 6.45) is 0.662. The summed E-state index contributed by atoms with van der Waals surface area (Å²) in [7, 11) is 0. The highest BCUT2D eigenvalue weighted by Crippen LogP contribution is 2.24. The quantitative estimate of drug-likeness (QED) is 0.734. The van der Waals surface area contributed by atoms with Crippen molar-refractivity contribution >= 4 is 0 Å². The molecule has 0 aliphatic rings. The molecule has 0 saturated heterocycles. The van der Waals surface area contributed by atoms with E-state index in [1.54, 1.807) is 0 Å². The Hall–Kier alpha value is -1.37. The Morgan fingerprint density at radius 2 is 2.00 bits per heavy atom. The van der Waals surface area contributed by atoms with Gasteiger partial charge in [0.2, 0.25) is 0 Å². The van der Waals surface area contributed by atoms with Crippen molar-refractivity contribution in [1.82, 2.24) is 5.32 Å². The van der Waals surface area contributed by atoms with Crippen LogP contribution in [0.5, 0.6) is 0 Å². The molecule has 0 radical (unpaired) electrons. The minimum absolute atomic E-state index is 0.589. The average Bonchev–Trinajstić information content (AvgIpc) is 2.39. The first kappa shape index (κ1) is 13.7. The van der Waals surface area contributed by atoms with Gasteiger partial charge in [-0.25, -0.2) is 0 Å². The molecule has 0 aromatic heterocycles. The molecule has 0 aliphatic carbocycles. The van der Waals surface area contributed by atoms with Gasteiger partial charge in [0.25, 0.3) is 0 Å². The lowest BCUT2D eigenvalue weighted by Gasteiger charge is -2.28. The van der Waals surface area contributed by atoms with Gasteiger partial charge >= 0.3 is 0 Å². The second kappa shape index (κ2) is 7.05. The number of nitrogens with zero attached hydrogens (tertiary/aromatic N) is 1. The maximum atomic E-state index is 9.49. The second-order valence-electron chi connectivity index (χ2n) is 3.86. The van der Waals surface area contributed by atoms with Crippen molar-refractivity contribution in [3.05, 3.63) is 35.9 Å². The largest absolute Gasteiger partial charge is 0.382 e. The lowest BCUT2D eigenvalue weighted by Crippen LogP contribution is -2.42. The fourth-order valence-electron chi connectivity index (χ4n) is 1.89. The minimum atomic E-state index is -0.634. The molecule has 92 valence electrons. The van der Waals surface area contributed by atoms with Crippen LogP contribution in [0.4, 0.5) is 0 Å². The number of rotatable bonds is 7. The molecule has 1 aromatic rings. The zero-order chi connectivity index (χ0) is 12.6. The first-order valence-electron chi connectivity index (χ1n) is 6.08. The van der Waals surface area contributed by atoms with Gasteiger partial charge in [-0.15, -0.1) is 0 Å². The number of benzene rings is 1. The van der Waals surface area contributed by atoms with Gasteiger partial charge in [-0.05, 0) is 19.0 Å². The van der Waals surface area contributed by atoms with Crippen LogP contribution in [-0.4, -0.2) is 19.8 Å². The predicted molar refractivity (Wildman–Crippen MR) is 68.5 cm³/mol. The van der Waals surface area contributed by atoms with Crippen LogP contribution in [0.25, 0.3) is 0 Å². The SMILES string of the molecule is CCNC(C#N)(CCOCC)c1ccccc1. The molecule has 3 nitrogen and oxygen atoms in total. The van der Waals surface area contributed by atoms with Crippen LogP contribution in [0, 0.1) is 11.3 Å². The lowest BCUT2D eigenvalue weighted by molar-refractivity contribution is 0.127. The molecule has 17 heavy (non-hydrogen) atoms. The van der Waals surface area contributed by atoms with E-state index in [1.165, 1.54) is 0 Å². The van der Waals surface area contributed by atoms with E-state index in [9.17, 15) is 5.26 Å². The topological polar surface area (TPSA) is 45.0 Å². The van der Waals surface area contributed by atoms with Gasteiger partial charge in [-0.3, -0.25) is 5.32 Å². The van der Waals surface area contributed by atoms with Gasteiger partial charge in [0, 0.05) is 19.6 Å². The molecular formula is C14H20N2O. The Morgan fingerprint density at radius 3 is 2.53 bits per heavy atom. The van der Waals surface area contributed by atoms with E-state index in [0.717, 1.165) is 12.1 Å². The van der Waals surface area contributed by atoms with E-state index in [4.69, 9.17) is 4.74 Å². The summed E-state index contributed by atoms with van der Waals surface area (Å²) < 4.78 is 5.37. The second-order valence-corrected chi connectivity index (χ2v) is 3.86. The van der Waals surface area contributed by atoms with Crippen LogP contribution >= 0.6 is 0 Å². The third kappa shape index (κ3) is 3.55. The standard InChI is InChI=1S/C14H20N2O/c1-3-16-14(12-15,10-11-17-4-2)13-8-6-5-7-9-13/h5-9,16H,3-4,10-11H2,1-2H3. The highest BCUT2D eigenvalue weighted by Gasteiger charge is 2.30. The van der Waals surface area contributed by atoms with E-state index in [-0.39, 0.29) is 0 Å². The minimum Gasteiger partial charge on any atom is -0.382 e. The van der Waals surface area contributed by atoms with E-state index >= 15 is 0 Å². The molecular weight excluding hydrogens is 212 g/mol. The molecule has 1 rings (SSSR count). The van der Waals surface area contributed by atoms with Gasteiger partial charge in [0.05, 0.1) is 6.07 Å². The zero-order valence-corrected chi connectivity index (χ0v) is 10.6. The van der Waals surface area contributed by atoms with Crippen LogP contribution < -0.4 is 5.32 Å². The van der Waals surface area contributed by atoms with Gasteiger partial charge in [-0.1, -0.05) is 37.3 Å². The molecule has 0 amide bonds. The monoisotopic (exact) mass is 232 g/mol. The maximum Gasteiger partial charge on any atom is 0.134 e. The summed E-state index contributed by atoms with van der Waals surface area (Å²) in [5.74, 6) is 0. The molecule has 3 heteroatoms. The van der Waals surface area contributed by atoms with E-state index in [0.29, 0.717) is 19.6 Å². The predicted octanol–water partition coefficient (Wildman–Crippen LogP) is 2.44. The summed E-state index contributed by atoms with van der Waals surface area (Å²) in [6, 6.07) is 12.2. The molecule has 1 aromatic carbocycles. The van der Waals surface area contributed by atoms with Crippen molar-refractivity contribution in [3.63, 3.8) is 0 Å². The van der Waals surface area contributed by atoms with Crippen LogP contribution in [0.3, 0.4) is 0 Å². The van der Waals surface area contributed by atoms with Crippen molar-refractivity contribution in [3.8, 4) is 6.07 Å². The highest BCUT2D eigenvalue weighted by atomic mass is 16.5. The van der Waals surface area contributed by atoms with Gasteiger partial charge < -0.3 is 4.74 Å². The fourth-order valence-corrected chi connectivity index (χ4v) is 1.89. The van der Waals surface area contributed by atoms with Gasteiger partial charge in [0.1, 0.15) is 5.54 Å².